The van der Waals surface area contributed by atoms with Crippen LogP contribution in [0.5, 0.6) is 5.75 Å². The van der Waals surface area contributed by atoms with Crippen molar-refractivity contribution in [2.45, 2.75) is 19.5 Å². The lowest BCUT2D eigenvalue weighted by molar-refractivity contribution is 0.475. The van der Waals surface area contributed by atoms with Gasteiger partial charge in [-0.1, -0.05) is 30.7 Å². The second-order valence-electron chi connectivity index (χ2n) is 6.14. The van der Waals surface area contributed by atoms with Gasteiger partial charge in [-0.05, 0) is 42.8 Å². The molecule has 4 aromatic rings. The molecule has 1 unspecified atom stereocenters. The number of anilines is 1. The molecule has 6 nitrogen and oxygen atoms in total. The van der Waals surface area contributed by atoms with Gasteiger partial charge in [-0.2, -0.15) is 0 Å². The Balaban J connectivity index is 1.64. The number of rotatable bonds is 5. The quantitative estimate of drug-likeness (QED) is 0.517. The average molecular weight is 380 g/mol. The van der Waals surface area contributed by atoms with Crippen LogP contribution < -0.4 is 5.32 Å². The third kappa shape index (κ3) is 3.44. The number of benzene rings is 2. The third-order valence-electron chi connectivity index (χ3n) is 4.40. The fourth-order valence-electron chi connectivity index (χ4n) is 3.00. The highest BCUT2D eigenvalue weighted by atomic mass is 35.5. The highest BCUT2D eigenvalue weighted by molar-refractivity contribution is 6.32. The fraction of sp³-hybridized carbons (Fsp3) is 0.150. The summed E-state index contributed by atoms with van der Waals surface area (Å²) < 4.78 is 2.09. The molecule has 1 atom stereocenters. The predicted octanol–water partition coefficient (Wildman–Crippen LogP) is 4.87. The zero-order chi connectivity index (χ0) is 18.8. The number of phenolic OH excluding ortho intramolecular Hbond substituents is 1. The van der Waals surface area contributed by atoms with E-state index in [2.05, 4.69) is 31.8 Å². The van der Waals surface area contributed by atoms with E-state index >= 15 is 0 Å². The fourth-order valence-corrected chi connectivity index (χ4v) is 3.18. The summed E-state index contributed by atoms with van der Waals surface area (Å²) in [5, 5.41) is 13.3. The van der Waals surface area contributed by atoms with Crippen molar-refractivity contribution in [3.05, 3.63) is 66.1 Å². The van der Waals surface area contributed by atoms with Crippen molar-refractivity contribution in [1.29, 1.82) is 0 Å². The van der Waals surface area contributed by atoms with Crippen molar-refractivity contribution in [3.8, 4) is 17.0 Å². The molecule has 0 radical (unpaired) electrons. The van der Waals surface area contributed by atoms with E-state index in [0.29, 0.717) is 5.95 Å². The van der Waals surface area contributed by atoms with Crippen molar-refractivity contribution in [3.63, 3.8) is 0 Å². The maximum absolute atomic E-state index is 9.60. The average Bonchev–Trinajstić information content (AvgIpc) is 3.12. The lowest BCUT2D eigenvalue weighted by Crippen LogP contribution is -2.18. The molecule has 0 spiro atoms. The summed E-state index contributed by atoms with van der Waals surface area (Å²) in [6, 6.07) is 14.8. The van der Waals surface area contributed by atoms with Crippen molar-refractivity contribution in [2.24, 2.45) is 0 Å². The van der Waals surface area contributed by atoms with Gasteiger partial charge in [0.05, 0.1) is 28.1 Å². The summed E-state index contributed by atoms with van der Waals surface area (Å²) in [5.41, 5.74) is 3.54. The number of aromatic nitrogens is 4. The van der Waals surface area contributed by atoms with Gasteiger partial charge < -0.3 is 15.0 Å². The summed E-state index contributed by atoms with van der Waals surface area (Å²) in [6.07, 6.45) is 4.33. The van der Waals surface area contributed by atoms with Crippen LogP contribution in [0.2, 0.25) is 5.02 Å². The third-order valence-corrected chi connectivity index (χ3v) is 4.70. The minimum absolute atomic E-state index is 0.0314. The van der Waals surface area contributed by atoms with Crippen LogP contribution in [-0.4, -0.2) is 24.6 Å². The van der Waals surface area contributed by atoms with Gasteiger partial charge in [-0.3, -0.25) is 0 Å². The van der Waals surface area contributed by atoms with E-state index in [1.54, 1.807) is 30.5 Å². The smallest absolute Gasteiger partial charge is 0.224 e. The number of phenols is 1. The molecule has 2 N–H and O–H groups in total. The van der Waals surface area contributed by atoms with E-state index in [4.69, 9.17) is 11.6 Å². The molecule has 27 heavy (non-hydrogen) atoms. The summed E-state index contributed by atoms with van der Waals surface area (Å²) in [7, 11) is 0. The lowest BCUT2D eigenvalue weighted by Gasteiger charge is -2.19. The molecule has 0 aliphatic carbocycles. The van der Waals surface area contributed by atoms with Crippen molar-refractivity contribution in [1.82, 2.24) is 19.5 Å². The van der Waals surface area contributed by atoms with Crippen molar-refractivity contribution in [2.75, 3.05) is 5.32 Å². The number of halogens is 1. The van der Waals surface area contributed by atoms with Gasteiger partial charge in [0, 0.05) is 11.8 Å². The maximum atomic E-state index is 9.60. The number of hydrogen-bond acceptors (Lipinski definition) is 5. The number of aromatic hydroxyl groups is 1. The molecule has 0 bridgehead atoms. The standard InChI is InChI=1S/C20H18ClN5O/c1-2-19(26-12-23-16-5-3-4-6-17(16)26)25-20-22-10-9-15(24-20)13-7-8-18(27)14(21)11-13/h3-12,19,27H,2H2,1H3,(H,22,24,25). The van der Waals surface area contributed by atoms with Gasteiger partial charge in [0.1, 0.15) is 11.9 Å². The maximum Gasteiger partial charge on any atom is 0.224 e. The van der Waals surface area contributed by atoms with E-state index in [1.165, 1.54) is 0 Å². The molecule has 0 saturated carbocycles. The Labute approximate surface area is 161 Å². The first-order valence-electron chi connectivity index (χ1n) is 8.65. The largest absolute Gasteiger partial charge is 0.506 e. The minimum atomic E-state index is -0.0314. The first-order chi connectivity index (χ1) is 13.2. The van der Waals surface area contributed by atoms with Gasteiger partial charge >= 0.3 is 0 Å². The van der Waals surface area contributed by atoms with Crippen LogP contribution in [0.25, 0.3) is 22.3 Å². The number of hydrogen-bond donors (Lipinski definition) is 2. The molecule has 2 heterocycles. The van der Waals surface area contributed by atoms with Crippen LogP contribution in [0.15, 0.2) is 61.1 Å². The normalized spacial score (nSPS) is 12.2. The molecular formula is C20H18ClN5O. The van der Waals surface area contributed by atoms with Gasteiger partial charge in [0.25, 0.3) is 0 Å². The SMILES string of the molecule is CCC(Nc1nccc(-c2ccc(O)c(Cl)c2)n1)n1cnc2ccccc21. The van der Waals surface area contributed by atoms with Crippen LogP contribution in [0.1, 0.15) is 19.5 Å². The van der Waals surface area contributed by atoms with Crippen LogP contribution in [-0.2, 0) is 0 Å². The zero-order valence-corrected chi connectivity index (χ0v) is 15.4. The molecule has 0 aliphatic heterocycles. The summed E-state index contributed by atoms with van der Waals surface area (Å²) in [4.78, 5) is 13.4. The Morgan fingerprint density at radius 1 is 1.15 bits per heavy atom. The van der Waals surface area contributed by atoms with E-state index in [9.17, 15) is 5.11 Å². The summed E-state index contributed by atoms with van der Waals surface area (Å²) in [5.74, 6) is 0.562. The molecule has 0 saturated heterocycles. The first kappa shape index (κ1) is 17.3. The van der Waals surface area contributed by atoms with Gasteiger partial charge in [-0.25, -0.2) is 15.0 Å². The summed E-state index contributed by atoms with van der Waals surface area (Å²) >= 11 is 6.01. The van der Waals surface area contributed by atoms with Crippen LogP contribution >= 0.6 is 11.6 Å². The number of imidazole rings is 1. The highest BCUT2D eigenvalue weighted by Crippen LogP contribution is 2.29. The molecule has 7 heteroatoms. The Morgan fingerprint density at radius 2 is 2.00 bits per heavy atom. The molecule has 0 aliphatic rings. The van der Waals surface area contributed by atoms with Crippen molar-refractivity contribution >= 4 is 28.6 Å². The Kier molecular flexibility index (Phi) is 4.64. The van der Waals surface area contributed by atoms with E-state index in [-0.39, 0.29) is 16.9 Å². The van der Waals surface area contributed by atoms with Gasteiger partial charge in [0.15, 0.2) is 0 Å². The first-order valence-corrected chi connectivity index (χ1v) is 9.03. The molecule has 2 aromatic heterocycles. The van der Waals surface area contributed by atoms with Gasteiger partial charge in [-0.15, -0.1) is 0 Å². The highest BCUT2D eigenvalue weighted by Gasteiger charge is 2.14. The Bertz CT molecular complexity index is 1090. The van der Waals surface area contributed by atoms with Crippen LogP contribution in [0, 0.1) is 0 Å². The number of nitrogens with one attached hydrogen (secondary N) is 1. The zero-order valence-electron chi connectivity index (χ0n) is 14.7. The number of fused-ring (bicyclic) bond motifs is 1. The molecule has 136 valence electrons. The molecule has 0 amide bonds. The summed E-state index contributed by atoms with van der Waals surface area (Å²) in [6.45, 7) is 2.09. The predicted molar refractivity (Wildman–Crippen MR) is 107 cm³/mol. The van der Waals surface area contributed by atoms with E-state index in [0.717, 1.165) is 28.7 Å². The molecular weight excluding hydrogens is 362 g/mol. The van der Waals surface area contributed by atoms with Crippen LogP contribution in [0.3, 0.4) is 0 Å². The number of para-hydroxylation sites is 2. The Morgan fingerprint density at radius 3 is 2.81 bits per heavy atom. The second kappa shape index (κ2) is 7.25. The minimum Gasteiger partial charge on any atom is -0.506 e. The Hall–Kier alpha value is -3.12. The molecule has 4 rings (SSSR count). The van der Waals surface area contributed by atoms with E-state index < -0.39 is 0 Å². The molecule has 2 aromatic carbocycles. The monoisotopic (exact) mass is 379 g/mol. The molecule has 0 fully saturated rings. The van der Waals surface area contributed by atoms with E-state index in [1.807, 2.05) is 30.6 Å². The topological polar surface area (TPSA) is 75.9 Å². The second-order valence-corrected chi connectivity index (χ2v) is 6.55. The van der Waals surface area contributed by atoms with Gasteiger partial charge in [0.2, 0.25) is 5.95 Å². The van der Waals surface area contributed by atoms with Crippen LogP contribution in [0.4, 0.5) is 5.95 Å². The van der Waals surface area contributed by atoms with Crippen molar-refractivity contribution < 1.29 is 5.11 Å². The number of nitrogens with zero attached hydrogens (tertiary/aromatic N) is 4. The lowest BCUT2D eigenvalue weighted by atomic mass is 10.1.